The third kappa shape index (κ3) is 1.04. The van der Waals surface area contributed by atoms with E-state index < -0.39 is 0 Å². The lowest BCUT2D eigenvalue weighted by molar-refractivity contribution is 0.474. The second-order valence-electron chi connectivity index (χ2n) is 3.36. The number of fused-ring (bicyclic) bond motifs is 1. The van der Waals surface area contributed by atoms with Gasteiger partial charge in [-0.25, -0.2) is 0 Å². The molecule has 2 nitrogen and oxygen atoms in total. The highest BCUT2D eigenvalue weighted by Crippen LogP contribution is 2.36. The molecule has 0 unspecified atom stereocenters. The SMILES string of the molecule is C[C@H]1CCNc2c(O)cccc21. The van der Waals surface area contributed by atoms with Crippen molar-refractivity contribution in [1.82, 2.24) is 0 Å². The molecule has 1 aliphatic rings. The Kier molecular flexibility index (Phi) is 1.68. The molecule has 12 heavy (non-hydrogen) atoms. The lowest BCUT2D eigenvalue weighted by atomic mass is 9.92. The lowest BCUT2D eigenvalue weighted by Crippen LogP contribution is -2.14. The van der Waals surface area contributed by atoms with Crippen LogP contribution in [0.4, 0.5) is 5.69 Å². The Hall–Kier alpha value is -1.18. The first-order chi connectivity index (χ1) is 5.79. The van der Waals surface area contributed by atoms with Crippen LogP contribution >= 0.6 is 0 Å². The quantitative estimate of drug-likeness (QED) is 0.575. The number of hydrogen-bond donors (Lipinski definition) is 2. The van der Waals surface area contributed by atoms with E-state index in [0.29, 0.717) is 11.7 Å². The molecular formula is C10H13NO. The van der Waals surface area contributed by atoms with E-state index in [0.717, 1.165) is 18.7 Å². The van der Waals surface area contributed by atoms with Crippen LogP contribution in [-0.2, 0) is 0 Å². The van der Waals surface area contributed by atoms with E-state index >= 15 is 0 Å². The molecule has 2 rings (SSSR count). The van der Waals surface area contributed by atoms with Crippen molar-refractivity contribution >= 4 is 5.69 Å². The van der Waals surface area contributed by atoms with Crippen molar-refractivity contribution in [3.63, 3.8) is 0 Å². The maximum atomic E-state index is 9.51. The minimum absolute atomic E-state index is 0.374. The highest BCUT2D eigenvalue weighted by molar-refractivity contribution is 5.63. The van der Waals surface area contributed by atoms with Gasteiger partial charge in [0, 0.05) is 6.54 Å². The third-order valence-corrected chi connectivity index (χ3v) is 2.48. The van der Waals surface area contributed by atoms with E-state index in [4.69, 9.17) is 0 Å². The van der Waals surface area contributed by atoms with E-state index in [1.54, 1.807) is 6.07 Å². The van der Waals surface area contributed by atoms with E-state index in [2.05, 4.69) is 18.3 Å². The van der Waals surface area contributed by atoms with Crippen molar-refractivity contribution in [3.05, 3.63) is 23.8 Å². The smallest absolute Gasteiger partial charge is 0.138 e. The summed E-state index contributed by atoms with van der Waals surface area (Å²) in [6.45, 7) is 3.16. The van der Waals surface area contributed by atoms with Crippen LogP contribution in [0.25, 0.3) is 0 Å². The van der Waals surface area contributed by atoms with Gasteiger partial charge in [-0.3, -0.25) is 0 Å². The topological polar surface area (TPSA) is 32.3 Å². The fourth-order valence-electron chi connectivity index (χ4n) is 1.73. The maximum absolute atomic E-state index is 9.51. The summed E-state index contributed by atoms with van der Waals surface area (Å²) in [5.41, 5.74) is 2.16. The molecule has 64 valence electrons. The summed E-state index contributed by atoms with van der Waals surface area (Å²) in [5, 5.41) is 12.7. The number of rotatable bonds is 0. The summed E-state index contributed by atoms with van der Waals surface area (Å²) >= 11 is 0. The molecule has 0 saturated heterocycles. The molecule has 0 aliphatic carbocycles. The molecule has 0 amide bonds. The molecule has 0 aromatic heterocycles. The van der Waals surface area contributed by atoms with E-state index in [1.807, 2.05) is 6.07 Å². The van der Waals surface area contributed by atoms with Crippen LogP contribution in [0.5, 0.6) is 5.75 Å². The summed E-state index contributed by atoms with van der Waals surface area (Å²) in [6, 6.07) is 5.70. The number of hydrogen-bond acceptors (Lipinski definition) is 2. The maximum Gasteiger partial charge on any atom is 0.138 e. The van der Waals surface area contributed by atoms with Crippen LogP contribution in [0, 0.1) is 0 Å². The number of phenols is 1. The number of nitrogens with one attached hydrogen (secondary N) is 1. The van der Waals surface area contributed by atoms with Gasteiger partial charge in [0.05, 0.1) is 5.69 Å². The number of benzene rings is 1. The number of phenolic OH excluding ortho intramolecular Hbond substituents is 1. The average Bonchev–Trinajstić information content (AvgIpc) is 2.07. The first kappa shape index (κ1) is 7.47. The molecule has 0 radical (unpaired) electrons. The molecule has 1 aliphatic heterocycles. The Morgan fingerprint density at radius 1 is 1.50 bits per heavy atom. The summed E-state index contributed by atoms with van der Waals surface area (Å²) in [4.78, 5) is 0. The largest absolute Gasteiger partial charge is 0.506 e. The summed E-state index contributed by atoms with van der Waals surface area (Å²) in [6.07, 6.45) is 1.15. The van der Waals surface area contributed by atoms with Gasteiger partial charge in [-0.2, -0.15) is 0 Å². The molecule has 0 spiro atoms. The molecule has 1 aromatic carbocycles. The van der Waals surface area contributed by atoms with Crippen LogP contribution in [0.3, 0.4) is 0 Å². The van der Waals surface area contributed by atoms with Crippen LogP contribution in [0.15, 0.2) is 18.2 Å². The van der Waals surface area contributed by atoms with Gasteiger partial charge < -0.3 is 10.4 Å². The Morgan fingerprint density at radius 2 is 2.33 bits per heavy atom. The second-order valence-corrected chi connectivity index (χ2v) is 3.36. The zero-order chi connectivity index (χ0) is 8.55. The summed E-state index contributed by atoms with van der Waals surface area (Å²) in [5.74, 6) is 0.937. The zero-order valence-corrected chi connectivity index (χ0v) is 7.17. The van der Waals surface area contributed by atoms with Gasteiger partial charge in [-0.15, -0.1) is 0 Å². The Balaban J connectivity index is 2.52. The van der Waals surface area contributed by atoms with Crippen molar-refractivity contribution in [2.24, 2.45) is 0 Å². The van der Waals surface area contributed by atoms with E-state index in [1.165, 1.54) is 5.56 Å². The number of para-hydroxylation sites is 1. The molecule has 0 fully saturated rings. The van der Waals surface area contributed by atoms with E-state index in [-0.39, 0.29) is 0 Å². The normalized spacial score (nSPS) is 21.2. The predicted octanol–water partition coefficient (Wildman–Crippen LogP) is 2.31. The van der Waals surface area contributed by atoms with Crippen molar-refractivity contribution < 1.29 is 5.11 Å². The van der Waals surface area contributed by atoms with Crippen LogP contribution in [0.2, 0.25) is 0 Å². The monoisotopic (exact) mass is 163 g/mol. The van der Waals surface area contributed by atoms with Gasteiger partial charge in [-0.05, 0) is 24.0 Å². The second kappa shape index (κ2) is 2.70. The zero-order valence-electron chi connectivity index (χ0n) is 7.17. The Bertz CT molecular complexity index is 296. The molecule has 1 heterocycles. The molecule has 2 N–H and O–H groups in total. The van der Waals surface area contributed by atoms with Gasteiger partial charge in [0.15, 0.2) is 0 Å². The Morgan fingerprint density at radius 3 is 3.08 bits per heavy atom. The van der Waals surface area contributed by atoms with Crippen molar-refractivity contribution in [3.8, 4) is 5.75 Å². The number of anilines is 1. The fraction of sp³-hybridized carbons (Fsp3) is 0.400. The summed E-state index contributed by atoms with van der Waals surface area (Å²) in [7, 11) is 0. The fourth-order valence-corrected chi connectivity index (χ4v) is 1.73. The minimum Gasteiger partial charge on any atom is -0.506 e. The lowest BCUT2D eigenvalue weighted by Gasteiger charge is -2.24. The van der Waals surface area contributed by atoms with Gasteiger partial charge in [0.25, 0.3) is 0 Å². The van der Waals surface area contributed by atoms with Crippen molar-refractivity contribution in [2.75, 3.05) is 11.9 Å². The van der Waals surface area contributed by atoms with Crippen molar-refractivity contribution in [1.29, 1.82) is 0 Å². The first-order valence-corrected chi connectivity index (χ1v) is 4.35. The highest BCUT2D eigenvalue weighted by atomic mass is 16.3. The molecular weight excluding hydrogens is 150 g/mol. The van der Waals surface area contributed by atoms with Gasteiger partial charge in [0.1, 0.15) is 5.75 Å². The average molecular weight is 163 g/mol. The van der Waals surface area contributed by atoms with Crippen LogP contribution < -0.4 is 5.32 Å². The first-order valence-electron chi connectivity index (χ1n) is 4.35. The van der Waals surface area contributed by atoms with Crippen molar-refractivity contribution in [2.45, 2.75) is 19.3 Å². The van der Waals surface area contributed by atoms with Crippen LogP contribution in [0.1, 0.15) is 24.8 Å². The predicted molar refractivity (Wildman–Crippen MR) is 49.6 cm³/mol. The molecule has 0 bridgehead atoms. The van der Waals surface area contributed by atoms with Crippen LogP contribution in [-0.4, -0.2) is 11.7 Å². The van der Waals surface area contributed by atoms with Gasteiger partial charge in [0.2, 0.25) is 0 Å². The molecule has 2 heteroatoms. The molecule has 0 saturated carbocycles. The molecule has 1 atom stereocenters. The highest BCUT2D eigenvalue weighted by Gasteiger charge is 2.17. The molecule has 1 aromatic rings. The van der Waals surface area contributed by atoms with Gasteiger partial charge >= 0.3 is 0 Å². The summed E-state index contributed by atoms with van der Waals surface area (Å²) < 4.78 is 0. The Labute approximate surface area is 72.2 Å². The van der Waals surface area contributed by atoms with Gasteiger partial charge in [-0.1, -0.05) is 19.1 Å². The minimum atomic E-state index is 0.374. The third-order valence-electron chi connectivity index (χ3n) is 2.48. The standard InChI is InChI=1S/C10H13NO/c1-7-5-6-11-10-8(7)3-2-4-9(10)12/h2-4,7,11-12H,5-6H2,1H3/t7-/m0/s1. The number of aromatic hydroxyl groups is 1. The van der Waals surface area contributed by atoms with E-state index in [9.17, 15) is 5.11 Å².